The van der Waals surface area contributed by atoms with Gasteiger partial charge in [0.15, 0.2) is 0 Å². The minimum absolute atomic E-state index is 0.395. The van der Waals surface area contributed by atoms with Crippen molar-refractivity contribution < 1.29 is 4.79 Å². The molecule has 0 aromatic rings. The molecule has 0 N–H and O–H groups in total. The van der Waals surface area contributed by atoms with Crippen molar-refractivity contribution in [2.24, 2.45) is 35.0 Å². The van der Waals surface area contributed by atoms with Gasteiger partial charge in [0.2, 0.25) is 0 Å². The van der Waals surface area contributed by atoms with E-state index in [1.807, 2.05) is 0 Å². The van der Waals surface area contributed by atoms with E-state index in [2.05, 4.69) is 20.8 Å². The molecule has 0 amide bonds. The monoisotopic (exact) mass is 276 g/mol. The normalized spacial score (nSPS) is 49.8. The third kappa shape index (κ3) is 2.35. The van der Waals surface area contributed by atoms with Gasteiger partial charge in [0, 0.05) is 12.3 Å². The molecule has 6 atom stereocenters. The Morgan fingerprint density at radius 2 is 1.80 bits per heavy atom. The number of Topliss-reactive ketones (excluding diaryl/α,β-unsaturated/α-hetero) is 1. The molecule has 0 radical (unpaired) electrons. The summed E-state index contributed by atoms with van der Waals surface area (Å²) >= 11 is 0. The first-order valence-corrected chi connectivity index (χ1v) is 9.05. The average molecular weight is 276 g/mol. The van der Waals surface area contributed by atoms with E-state index >= 15 is 0 Å². The molecule has 3 fully saturated rings. The van der Waals surface area contributed by atoms with Crippen LogP contribution in [0.5, 0.6) is 0 Å². The zero-order chi connectivity index (χ0) is 14.3. The molecular formula is C19H32O. The van der Waals surface area contributed by atoms with Gasteiger partial charge in [0.1, 0.15) is 5.78 Å². The van der Waals surface area contributed by atoms with Crippen molar-refractivity contribution in [2.45, 2.75) is 78.6 Å². The number of fused-ring (bicyclic) bond motifs is 3. The standard InChI is InChI=1S/C19H32O/c1-13-7-6-9-17-16(11-14(13)2)18(20)12-15-8-4-5-10-19(15,17)3/h13-17H,4-12H2,1-3H3/t13-,14?,15?,16?,17?,19+/m1/s1. The van der Waals surface area contributed by atoms with Crippen LogP contribution < -0.4 is 0 Å². The summed E-state index contributed by atoms with van der Waals surface area (Å²) in [5.41, 5.74) is 0.483. The van der Waals surface area contributed by atoms with Crippen LogP contribution in [0.2, 0.25) is 0 Å². The third-order valence-electron chi connectivity index (χ3n) is 7.42. The highest BCUT2D eigenvalue weighted by Gasteiger charge is 2.52. The van der Waals surface area contributed by atoms with E-state index in [-0.39, 0.29) is 0 Å². The molecule has 3 aliphatic carbocycles. The first-order valence-electron chi connectivity index (χ1n) is 9.05. The molecule has 0 heterocycles. The number of hydrogen-bond acceptors (Lipinski definition) is 1. The lowest BCUT2D eigenvalue weighted by Gasteiger charge is -2.54. The molecule has 0 aliphatic heterocycles. The fourth-order valence-electron chi connectivity index (χ4n) is 5.74. The Morgan fingerprint density at radius 3 is 2.60 bits per heavy atom. The summed E-state index contributed by atoms with van der Waals surface area (Å²) in [5, 5.41) is 0. The van der Waals surface area contributed by atoms with E-state index in [4.69, 9.17) is 0 Å². The van der Waals surface area contributed by atoms with Gasteiger partial charge in [-0.05, 0) is 54.8 Å². The molecule has 0 aromatic carbocycles. The van der Waals surface area contributed by atoms with E-state index in [1.54, 1.807) is 0 Å². The highest BCUT2D eigenvalue weighted by atomic mass is 16.1. The van der Waals surface area contributed by atoms with E-state index < -0.39 is 0 Å². The molecule has 0 spiro atoms. The van der Waals surface area contributed by atoms with E-state index in [0.717, 1.165) is 18.3 Å². The maximum Gasteiger partial charge on any atom is 0.136 e. The van der Waals surface area contributed by atoms with Gasteiger partial charge in [-0.3, -0.25) is 4.79 Å². The Hall–Kier alpha value is -0.330. The Labute approximate surface area is 124 Å². The van der Waals surface area contributed by atoms with Crippen molar-refractivity contribution in [3.63, 3.8) is 0 Å². The molecule has 3 aliphatic rings. The lowest BCUT2D eigenvalue weighted by Crippen LogP contribution is -2.50. The lowest BCUT2D eigenvalue weighted by atomic mass is 9.50. The summed E-state index contributed by atoms with van der Waals surface area (Å²) < 4.78 is 0. The highest BCUT2D eigenvalue weighted by Crippen LogP contribution is 2.57. The molecule has 4 unspecified atom stereocenters. The lowest BCUT2D eigenvalue weighted by molar-refractivity contribution is -0.142. The number of carbonyl (C=O) groups excluding carboxylic acids is 1. The van der Waals surface area contributed by atoms with Gasteiger partial charge in [0.05, 0.1) is 0 Å². The fourth-order valence-corrected chi connectivity index (χ4v) is 5.74. The minimum Gasteiger partial charge on any atom is -0.299 e. The quantitative estimate of drug-likeness (QED) is 0.591. The summed E-state index contributed by atoms with van der Waals surface area (Å²) in [5.74, 6) is 3.96. The summed E-state index contributed by atoms with van der Waals surface area (Å²) in [7, 11) is 0. The smallest absolute Gasteiger partial charge is 0.136 e. The van der Waals surface area contributed by atoms with E-state index in [1.165, 1.54) is 51.4 Å². The van der Waals surface area contributed by atoms with Crippen LogP contribution in [0.4, 0.5) is 0 Å². The molecule has 1 nitrogen and oxygen atoms in total. The molecule has 0 bridgehead atoms. The third-order valence-corrected chi connectivity index (χ3v) is 7.42. The molecule has 0 saturated heterocycles. The number of ketones is 1. The fraction of sp³-hybridized carbons (Fsp3) is 0.947. The summed E-state index contributed by atoms with van der Waals surface area (Å²) in [6.07, 6.45) is 11.6. The van der Waals surface area contributed by atoms with Crippen LogP contribution in [0.3, 0.4) is 0 Å². The molecular weight excluding hydrogens is 244 g/mol. The molecule has 3 rings (SSSR count). The summed E-state index contributed by atoms with van der Waals surface area (Å²) in [4.78, 5) is 12.7. The predicted octanol–water partition coefficient (Wildman–Crippen LogP) is 5.23. The van der Waals surface area contributed by atoms with Gasteiger partial charge in [-0.15, -0.1) is 0 Å². The summed E-state index contributed by atoms with van der Waals surface area (Å²) in [6.45, 7) is 7.32. The minimum atomic E-state index is 0.395. The molecule has 20 heavy (non-hydrogen) atoms. The van der Waals surface area contributed by atoms with Crippen LogP contribution >= 0.6 is 0 Å². The van der Waals surface area contributed by atoms with Crippen molar-refractivity contribution in [2.75, 3.05) is 0 Å². The van der Waals surface area contributed by atoms with Crippen molar-refractivity contribution in [1.29, 1.82) is 0 Å². The Kier molecular flexibility index (Phi) is 3.99. The maximum atomic E-state index is 12.7. The largest absolute Gasteiger partial charge is 0.299 e. The van der Waals surface area contributed by atoms with Gasteiger partial charge in [0.25, 0.3) is 0 Å². The van der Waals surface area contributed by atoms with Crippen LogP contribution in [0.1, 0.15) is 78.6 Å². The number of carbonyl (C=O) groups is 1. The van der Waals surface area contributed by atoms with Gasteiger partial charge in [-0.2, -0.15) is 0 Å². The van der Waals surface area contributed by atoms with Gasteiger partial charge in [-0.25, -0.2) is 0 Å². The van der Waals surface area contributed by atoms with Crippen molar-refractivity contribution >= 4 is 5.78 Å². The second kappa shape index (κ2) is 5.46. The zero-order valence-corrected chi connectivity index (χ0v) is 13.7. The highest BCUT2D eigenvalue weighted by molar-refractivity contribution is 5.82. The van der Waals surface area contributed by atoms with Crippen LogP contribution in [0.15, 0.2) is 0 Å². The van der Waals surface area contributed by atoms with Gasteiger partial charge < -0.3 is 0 Å². The second-order valence-corrected chi connectivity index (χ2v) is 8.45. The van der Waals surface area contributed by atoms with Crippen LogP contribution in [0.25, 0.3) is 0 Å². The van der Waals surface area contributed by atoms with Crippen molar-refractivity contribution in [3.05, 3.63) is 0 Å². The Balaban J connectivity index is 1.88. The SMILES string of the molecule is CC1CC2C(=O)CC3CCCC[C@]3(C)C2CCC[C@H]1C. The van der Waals surface area contributed by atoms with E-state index in [0.29, 0.717) is 29.0 Å². The van der Waals surface area contributed by atoms with Crippen molar-refractivity contribution in [1.82, 2.24) is 0 Å². The van der Waals surface area contributed by atoms with Crippen LogP contribution in [-0.2, 0) is 4.79 Å². The van der Waals surface area contributed by atoms with Crippen LogP contribution in [-0.4, -0.2) is 5.78 Å². The predicted molar refractivity (Wildman–Crippen MR) is 83.5 cm³/mol. The number of hydrogen-bond donors (Lipinski definition) is 0. The molecule has 1 heteroatoms. The first-order chi connectivity index (χ1) is 9.52. The molecule has 114 valence electrons. The maximum absolute atomic E-state index is 12.7. The number of rotatable bonds is 0. The average Bonchev–Trinajstić information content (AvgIpc) is 2.41. The van der Waals surface area contributed by atoms with Crippen molar-refractivity contribution in [3.8, 4) is 0 Å². The zero-order valence-electron chi connectivity index (χ0n) is 13.7. The molecule has 0 aromatic heterocycles. The summed E-state index contributed by atoms with van der Waals surface area (Å²) in [6, 6.07) is 0. The van der Waals surface area contributed by atoms with Gasteiger partial charge >= 0.3 is 0 Å². The van der Waals surface area contributed by atoms with Crippen LogP contribution in [0, 0.1) is 35.0 Å². The second-order valence-electron chi connectivity index (χ2n) is 8.45. The topological polar surface area (TPSA) is 17.1 Å². The molecule has 3 saturated carbocycles. The Bertz CT molecular complexity index is 374. The van der Waals surface area contributed by atoms with E-state index in [9.17, 15) is 4.79 Å². The first kappa shape index (κ1) is 14.6. The Morgan fingerprint density at radius 1 is 1.00 bits per heavy atom. The van der Waals surface area contributed by atoms with Gasteiger partial charge in [-0.1, -0.05) is 46.5 Å².